The molecule has 50 heavy (non-hydrogen) atoms. The average Bonchev–Trinajstić information content (AvgIpc) is 3.98. The largest absolute Gasteiger partial charge is 0.497 e. The Morgan fingerprint density at radius 1 is 0.880 bits per heavy atom. The van der Waals surface area contributed by atoms with Crippen LogP contribution in [0.3, 0.4) is 0 Å². The Morgan fingerprint density at radius 3 is 2.36 bits per heavy atom. The van der Waals surface area contributed by atoms with Crippen LogP contribution >= 0.6 is 0 Å². The summed E-state index contributed by atoms with van der Waals surface area (Å²) < 4.78 is 29.0. The second-order valence-electron chi connectivity index (χ2n) is 14.3. The van der Waals surface area contributed by atoms with Crippen molar-refractivity contribution >= 4 is 17.6 Å². The topological polar surface area (TPSA) is 86.8 Å². The van der Waals surface area contributed by atoms with Crippen LogP contribution in [0, 0.1) is 0 Å². The number of ether oxygens (including phenoxy) is 5. The molecule has 1 saturated carbocycles. The van der Waals surface area contributed by atoms with Gasteiger partial charge in [0.25, 0.3) is 5.91 Å². The number of benzene rings is 3. The summed E-state index contributed by atoms with van der Waals surface area (Å²) in [5.41, 5.74) is 5.04. The number of amides is 2. The van der Waals surface area contributed by atoms with Crippen molar-refractivity contribution in [3.63, 3.8) is 0 Å². The summed E-state index contributed by atoms with van der Waals surface area (Å²) >= 11 is 0. The van der Waals surface area contributed by atoms with Gasteiger partial charge in [0.05, 0.1) is 20.3 Å². The van der Waals surface area contributed by atoms with Crippen molar-refractivity contribution < 1.29 is 33.3 Å². The number of nitrogens with zero attached hydrogens (tertiary/aromatic N) is 2. The van der Waals surface area contributed by atoms with Crippen LogP contribution in [0.5, 0.6) is 11.5 Å². The van der Waals surface area contributed by atoms with Crippen molar-refractivity contribution in [1.29, 1.82) is 0 Å². The quantitative estimate of drug-likeness (QED) is 0.180. The van der Waals surface area contributed by atoms with E-state index < -0.39 is 11.7 Å². The van der Waals surface area contributed by atoms with Crippen LogP contribution in [-0.4, -0.2) is 79.8 Å². The van der Waals surface area contributed by atoms with Crippen molar-refractivity contribution in [2.75, 3.05) is 40.0 Å². The highest BCUT2D eigenvalue weighted by molar-refractivity contribution is 6.03. The number of carbonyl (C=O) groups is 2. The zero-order valence-corrected chi connectivity index (χ0v) is 29.8. The molecule has 2 aliphatic heterocycles. The maximum atomic E-state index is 14.8. The first-order valence-corrected chi connectivity index (χ1v) is 17.9. The number of hydrogen-bond acceptors (Lipinski definition) is 7. The molecule has 0 spiro atoms. The molecule has 0 bridgehead atoms. The summed E-state index contributed by atoms with van der Waals surface area (Å²) in [4.78, 5) is 31.7. The minimum Gasteiger partial charge on any atom is -0.497 e. The smallest absolute Gasteiger partial charge is 0.410 e. The number of rotatable bonds is 12. The molecule has 3 aromatic rings. The predicted octanol–water partition coefficient (Wildman–Crippen LogP) is 7.87. The fourth-order valence-electron chi connectivity index (χ4n) is 6.51. The Kier molecular flexibility index (Phi) is 11.4. The Morgan fingerprint density at radius 2 is 1.64 bits per heavy atom. The third-order valence-electron chi connectivity index (χ3n) is 9.14. The number of carbonyl (C=O) groups excluding carboxylic acids is 2. The fourth-order valence-corrected chi connectivity index (χ4v) is 6.51. The minimum atomic E-state index is -0.642. The lowest BCUT2D eigenvalue weighted by Gasteiger charge is -2.34. The Bertz CT molecular complexity index is 1650. The van der Waals surface area contributed by atoms with Crippen molar-refractivity contribution in [3.05, 3.63) is 89.5 Å². The molecule has 2 heterocycles. The number of methoxy groups -OCH3 is 1. The van der Waals surface area contributed by atoms with Crippen LogP contribution in [0.4, 0.5) is 4.79 Å². The van der Waals surface area contributed by atoms with Gasteiger partial charge in [-0.2, -0.15) is 0 Å². The molecule has 6 rings (SSSR count). The van der Waals surface area contributed by atoms with Crippen LogP contribution in [0.2, 0.25) is 0 Å². The predicted molar refractivity (Wildman–Crippen MR) is 193 cm³/mol. The van der Waals surface area contributed by atoms with E-state index in [1.807, 2.05) is 68.1 Å². The highest BCUT2D eigenvalue weighted by atomic mass is 16.7. The van der Waals surface area contributed by atoms with Gasteiger partial charge in [0, 0.05) is 37.4 Å². The highest BCUT2D eigenvalue weighted by Crippen LogP contribution is 2.36. The summed E-state index contributed by atoms with van der Waals surface area (Å²) in [6.07, 6.45) is 4.92. The van der Waals surface area contributed by atoms with E-state index in [0.717, 1.165) is 66.5 Å². The van der Waals surface area contributed by atoms with E-state index in [4.69, 9.17) is 23.7 Å². The van der Waals surface area contributed by atoms with Gasteiger partial charge < -0.3 is 33.5 Å². The van der Waals surface area contributed by atoms with E-state index in [-0.39, 0.29) is 24.8 Å². The van der Waals surface area contributed by atoms with Gasteiger partial charge in [0.2, 0.25) is 0 Å². The molecule has 3 aliphatic rings. The highest BCUT2D eigenvalue weighted by Gasteiger charge is 2.38. The van der Waals surface area contributed by atoms with Crippen molar-refractivity contribution in [2.45, 2.75) is 83.8 Å². The standard InChI is InChI=1S/C41H50N2O7/c1-41(2,3)50-40(45)42-19-18-36(32-14-10-13-31(25-32)30-11-6-5-7-12-30)37(28-42)39(44)43(33-16-17-33)27-29-23-34(46-4)26-35(24-29)47-21-22-49-38-15-8-9-20-48-38/h5-7,10-14,23-26,33,38H,8-9,15-22,27-28H2,1-4H3. The first-order valence-electron chi connectivity index (χ1n) is 17.9. The van der Waals surface area contributed by atoms with Gasteiger partial charge in [-0.1, -0.05) is 48.5 Å². The number of hydrogen-bond donors (Lipinski definition) is 0. The van der Waals surface area contributed by atoms with Gasteiger partial charge in [-0.3, -0.25) is 4.79 Å². The van der Waals surface area contributed by atoms with Crippen LogP contribution in [0.25, 0.3) is 16.7 Å². The van der Waals surface area contributed by atoms with Gasteiger partial charge in [0.1, 0.15) is 23.7 Å². The van der Waals surface area contributed by atoms with E-state index in [2.05, 4.69) is 30.3 Å². The lowest BCUT2D eigenvalue weighted by atomic mass is 9.90. The molecule has 2 fully saturated rings. The second kappa shape index (κ2) is 16.1. The van der Waals surface area contributed by atoms with Gasteiger partial charge in [-0.05, 0) is 105 Å². The molecule has 1 unspecified atom stereocenters. The van der Waals surface area contributed by atoms with Gasteiger partial charge in [0.15, 0.2) is 6.29 Å². The molecule has 1 aliphatic carbocycles. The van der Waals surface area contributed by atoms with Crippen LogP contribution in [0.1, 0.15) is 70.4 Å². The molecule has 2 amide bonds. The van der Waals surface area contributed by atoms with Crippen molar-refractivity contribution in [3.8, 4) is 22.6 Å². The van der Waals surface area contributed by atoms with Gasteiger partial charge >= 0.3 is 6.09 Å². The third kappa shape index (κ3) is 9.46. The summed E-state index contributed by atoms with van der Waals surface area (Å²) in [6, 6.07) is 24.5. The van der Waals surface area contributed by atoms with Gasteiger partial charge in [-0.25, -0.2) is 4.79 Å². The molecule has 1 atom stereocenters. The zero-order valence-electron chi connectivity index (χ0n) is 29.8. The maximum absolute atomic E-state index is 14.8. The molecule has 266 valence electrons. The molecule has 0 N–H and O–H groups in total. The van der Waals surface area contributed by atoms with E-state index in [1.165, 1.54) is 0 Å². The van der Waals surface area contributed by atoms with Crippen molar-refractivity contribution in [1.82, 2.24) is 9.80 Å². The molecule has 9 heteroatoms. The summed E-state index contributed by atoms with van der Waals surface area (Å²) in [6.45, 7) is 8.13. The molecule has 3 aromatic carbocycles. The molecule has 1 saturated heterocycles. The monoisotopic (exact) mass is 682 g/mol. The average molecular weight is 683 g/mol. The molecule has 9 nitrogen and oxygen atoms in total. The van der Waals surface area contributed by atoms with Crippen molar-refractivity contribution in [2.24, 2.45) is 0 Å². The van der Waals surface area contributed by atoms with E-state index in [1.54, 1.807) is 12.0 Å². The molecule has 0 radical (unpaired) electrons. The fraction of sp³-hybridized carbons (Fsp3) is 0.463. The minimum absolute atomic E-state index is 0.0629. The lowest BCUT2D eigenvalue weighted by molar-refractivity contribution is -0.165. The Balaban J connectivity index is 1.26. The van der Waals surface area contributed by atoms with E-state index in [0.29, 0.717) is 49.8 Å². The summed E-state index contributed by atoms with van der Waals surface area (Å²) in [7, 11) is 1.63. The van der Waals surface area contributed by atoms with Crippen LogP contribution < -0.4 is 9.47 Å². The summed E-state index contributed by atoms with van der Waals surface area (Å²) in [5, 5.41) is 0. The Labute approximate surface area is 296 Å². The zero-order chi connectivity index (χ0) is 35.1. The lowest BCUT2D eigenvalue weighted by Crippen LogP contribution is -2.44. The molecular formula is C41H50N2O7. The van der Waals surface area contributed by atoms with Crippen LogP contribution in [0.15, 0.2) is 78.4 Å². The SMILES string of the molecule is COc1cc(CN(C(=O)C2=C(c3cccc(-c4ccccc4)c3)CCN(C(=O)OC(C)(C)C)C2)C2CC2)cc(OCCOC2CCCCO2)c1. The first kappa shape index (κ1) is 35.5. The van der Waals surface area contributed by atoms with E-state index >= 15 is 0 Å². The maximum Gasteiger partial charge on any atom is 0.410 e. The third-order valence-corrected chi connectivity index (χ3v) is 9.14. The normalized spacial score (nSPS) is 18.1. The summed E-state index contributed by atoms with van der Waals surface area (Å²) in [5.74, 6) is 1.25. The molecule has 0 aromatic heterocycles. The van der Waals surface area contributed by atoms with Crippen LogP contribution in [-0.2, 0) is 25.5 Å². The van der Waals surface area contributed by atoms with Gasteiger partial charge in [-0.15, -0.1) is 0 Å². The van der Waals surface area contributed by atoms with E-state index in [9.17, 15) is 9.59 Å². The second-order valence-corrected chi connectivity index (χ2v) is 14.3. The first-order chi connectivity index (χ1) is 24.2. The molecular weight excluding hydrogens is 632 g/mol. The Hall–Kier alpha value is -4.34.